The maximum atomic E-state index is 5.79. The standard InChI is InChI=1S/C20H31N3O3/c1-3-21-19(23-11-8-20(15-23)9-13-25-16-20)22-10-5-12-26-18-7-4-6-17(14-18)24-2/h4,6-7,14H,3,5,8-13,15-16H2,1-2H3,(H,21,22). The van der Waals surface area contributed by atoms with Gasteiger partial charge in [0.25, 0.3) is 0 Å². The van der Waals surface area contributed by atoms with Crippen LogP contribution < -0.4 is 14.8 Å². The van der Waals surface area contributed by atoms with E-state index in [9.17, 15) is 0 Å². The number of nitrogens with zero attached hydrogens (tertiary/aromatic N) is 2. The SMILES string of the molecule is CCNC(=NCCCOc1cccc(OC)c1)N1CCC2(CCOC2)C1. The molecule has 26 heavy (non-hydrogen) atoms. The van der Waals surface area contributed by atoms with E-state index in [0.29, 0.717) is 12.0 Å². The molecule has 2 saturated heterocycles. The van der Waals surface area contributed by atoms with Crippen molar-refractivity contribution < 1.29 is 14.2 Å². The number of likely N-dealkylation sites (tertiary alicyclic amines) is 1. The second kappa shape index (κ2) is 9.12. The summed E-state index contributed by atoms with van der Waals surface area (Å²) in [5.74, 6) is 2.68. The van der Waals surface area contributed by atoms with E-state index in [4.69, 9.17) is 19.2 Å². The summed E-state index contributed by atoms with van der Waals surface area (Å²) in [6.45, 7) is 8.33. The lowest BCUT2D eigenvalue weighted by atomic mass is 9.87. The summed E-state index contributed by atoms with van der Waals surface area (Å²) < 4.78 is 16.6. The van der Waals surface area contributed by atoms with Gasteiger partial charge in [-0.1, -0.05) is 6.07 Å². The first-order chi connectivity index (χ1) is 12.7. The van der Waals surface area contributed by atoms with Gasteiger partial charge in [-0.3, -0.25) is 4.99 Å². The van der Waals surface area contributed by atoms with E-state index < -0.39 is 0 Å². The zero-order chi connectivity index (χ0) is 18.2. The van der Waals surface area contributed by atoms with Crippen LogP contribution in [0.5, 0.6) is 11.5 Å². The van der Waals surface area contributed by atoms with Crippen LogP contribution in [0.15, 0.2) is 29.3 Å². The predicted octanol–water partition coefficient (Wildman–Crippen LogP) is 2.54. The predicted molar refractivity (Wildman–Crippen MR) is 103 cm³/mol. The first kappa shape index (κ1) is 18.8. The molecule has 6 nitrogen and oxygen atoms in total. The fourth-order valence-electron chi connectivity index (χ4n) is 3.64. The first-order valence-corrected chi connectivity index (χ1v) is 9.62. The zero-order valence-electron chi connectivity index (χ0n) is 16.0. The number of nitrogens with one attached hydrogen (secondary N) is 1. The van der Waals surface area contributed by atoms with E-state index in [1.807, 2.05) is 24.3 Å². The maximum absolute atomic E-state index is 5.79. The topological polar surface area (TPSA) is 55.3 Å². The van der Waals surface area contributed by atoms with Crippen LogP contribution in [0, 0.1) is 5.41 Å². The molecule has 0 amide bonds. The number of hydrogen-bond donors (Lipinski definition) is 1. The summed E-state index contributed by atoms with van der Waals surface area (Å²) in [7, 11) is 1.66. The van der Waals surface area contributed by atoms with E-state index in [0.717, 1.165) is 63.3 Å². The van der Waals surface area contributed by atoms with Crippen molar-refractivity contribution in [2.24, 2.45) is 10.4 Å². The Morgan fingerprint density at radius 3 is 3.00 bits per heavy atom. The Hall–Kier alpha value is -1.95. The molecule has 0 saturated carbocycles. The molecule has 1 aromatic rings. The number of ether oxygens (including phenoxy) is 3. The molecule has 3 rings (SSSR count). The molecule has 2 aliphatic heterocycles. The van der Waals surface area contributed by atoms with Crippen LogP contribution in [0.25, 0.3) is 0 Å². The largest absolute Gasteiger partial charge is 0.497 e. The van der Waals surface area contributed by atoms with Crippen molar-refractivity contribution in [1.29, 1.82) is 0 Å². The summed E-state index contributed by atoms with van der Waals surface area (Å²) in [6, 6.07) is 7.70. The molecular weight excluding hydrogens is 330 g/mol. The van der Waals surface area contributed by atoms with Crippen molar-refractivity contribution in [1.82, 2.24) is 10.2 Å². The quantitative estimate of drug-likeness (QED) is 0.459. The molecule has 1 aromatic carbocycles. The number of guanidine groups is 1. The van der Waals surface area contributed by atoms with Crippen LogP contribution in [-0.2, 0) is 4.74 Å². The van der Waals surface area contributed by atoms with E-state index >= 15 is 0 Å². The Kier molecular flexibility index (Phi) is 6.61. The van der Waals surface area contributed by atoms with Gasteiger partial charge in [-0.25, -0.2) is 0 Å². The highest BCUT2D eigenvalue weighted by atomic mass is 16.5. The lowest BCUT2D eigenvalue weighted by molar-refractivity contribution is 0.156. The molecule has 2 fully saturated rings. The molecule has 0 radical (unpaired) electrons. The average molecular weight is 361 g/mol. The molecule has 6 heteroatoms. The second-order valence-corrected chi connectivity index (χ2v) is 7.09. The van der Waals surface area contributed by atoms with Crippen LogP contribution in [-0.4, -0.2) is 64.0 Å². The Bertz CT molecular complexity index is 600. The highest BCUT2D eigenvalue weighted by molar-refractivity contribution is 5.80. The van der Waals surface area contributed by atoms with Gasteiger partial charge in [0.15, 0.2) is 5.96 Å². The highest BCUT2D eigenvalue weighted by Crippen LogP contribution is 2.38. The highest BCUT2D eigenvalue weighted by Gasteiger charge is 2.42. The molecule has 0 aliphatic carbocycles. The van der Waals surface area contributed by atoms with Crippen molar-refractivity contribution in [2.45, 2.75) is 26.2 Å². The monoisotopic (exact) mass is 361 g/mol. The Morgan fingerprint density at radius 1 is 1.35 bits per heavy atom. The van der Waals surface area contributed by atoms with Gasteiger partial charge in [-0.2, -0.15) is 0 Å². The zero-order valence-corrected chi connectivity index (χ0v) is 16.0. The average Bonchev–Trinajstić information content (AvgIpc) is 3.31. The Morgan fingerprint density at radius 2 is 2.23 bits per heavy atom. The molecule has 0 bridgehead atoms. The number of methoxy groups -OCH3 is 1. The minimum absolute atomic E-state index is 0.353. The van der Waals surface area contributed by atoms with Gasteiger partial charge in [0.05, 0.1) is 20.3 Å². The summed E-state index contributed by atoms with van der Waals surface area (Å²) >= 11 is 0. The summed E-state index contributed by atoms with van der Waals surface area (Å²) in [5, 5.41) is 3.43. The van der Waals surface area contributed by atoms with Gasteiger partial charge in [0.1, 0.15) is 11.5 Å². The molecule has 2 aliphatic rings. The molecule has 2 heterocycles. The number of hydrogen-bond acceptors (Lipinski definition) is 4. The van der Waals surface area contributed by atoms with Crippen LogP contribution in [0.3, 0.4) is 0 Å². The first-order valence-electron chi connectivity index (χ1n) is 9.62. The van der Waals surface area contributed by atoms with Gasteiger partial charge in [-0.15, -0.1) is 0 Å². The van der Waals surface area contributed by atoms with E-state index in [1.54, 1.807) is 7.11 Å². The Labute approximate surface area is 156 Å². The van der Waals surface area contributed by atoms with Crippen molar-refractivity contribution in [2.75, 3.05) is 53.1 Å². The maximum Gasteiger partial charge on any atom is 0.193 e. The van der Waals surface area contributed by atoms with Crippen LogP contribution in [0.2, 0.25) is 0 Å². The smallest absolute Gasteiger partial charge is 0.193 e. The number of aliphatic imine (C=N–C) groups is 1. The second-order valence-electron chi connectivity index (χ2n) is 7.09. The summed E-state index contributed by atoms with van der Waals surface area (Å²) in [4.78, 5) is 7.19. The lowest BCUT2D eigenvalue weighted by Crippen LogP contribution is -2.41. The molecule has 0 aromatic heterocycles. The fourth-order valence-corrected chi connectivity index (χ4v) is 3.64. The molecule has 1 unspecified atom stereocenters. The van der Waals surface area contributed by atoms with E-state index in [-0.39, 0.29) is 0 Å². The Balaban J connectivity index is 1.45. The van der Waals surface area contributed by atoms with Crippen molar-refractivity contribution in [3.05, 3.63) is 24.3 Å². The van der Waals surface area contributed by atoms with E-state index in [1.165, 1.54) is 12.8 Å². The van der Waals surface area contributed by atoms with Gasteiger partial charge >= 0.3 is 0 Å². The van der Waals surface area contributed by atoms with Gasteiger partial charge in [0.2, 0.25) is 0 Å². The van der Waals surface area contributed by atoms with Crippen LogP contribution >= 0.6 is 0 Å². The van der Waals surface area contributed by atoms with Gasteiger partial charge in [-0.05, 0) is 31.9 Å². The van der Waals surface area contributed by atoms with E-state index in [2.05, 4.69) is 17.1 Å². The molecule has 1 spiro atoms. The third kappa shape index (κ3) is 4.81. The van der Waals surface area contributed by atoms with Gasteiger partial charge < -0.3 is 24.4 Å². The normalized spacial score (nSPS) is 22.8. The summed E-state index contributed by atoms with van der Waals surface area (Å²) in [5.41, 5.74) is 0.353. The fraction of sp³-hybridized carbons (Fsp3) is 0.650. The lowest BCUT2D eigenvalue weighted by Gasteiger charge is -2.25. The van der Waals surface area contributed by atoms with Crippen LogP contribution in [0.4, 0.5) is 0 Å². The molecule has 1 atom stereocenters. The molecule has 144 valence electrons. The third-order valence-corrected chi connectivity index (χ3v) is 5.13. The van der Waals surface area contributed by atoms with Crippen molar-refractivity contribution in [3.8, 4) is 11.5 Å². The van der Waals surface area contributed by atoms with Crippen molar-refractivity contribution in [3.63, 3.8) is 0 Å². The molecule has 1 N–H and O–H groups in total. The minimum Gasteiger partial charge on any atom is -0.497 e. The minimum atomic E-state index is 0.353. The summed E-state index contributed by atoms with van der Waals surface area (Å²) in [6.07, 6.45) is 3.27. The third-order valence-electron chi connectivity index (χ3n) is 5.13. The van der Waals surface area contributed by atoms with Crippen LogP contribution in [0.1, 0.15) is 26.2 Å². The van der Waals surface area contributed by atoms with Crippen molar-refractivity contribution >= 4 is 5.96 Å². The number of benzene rings is 1. The number of rotatable bonds is 7. The van der Waals surface area contributed by atoms with Gasteiger partial charge in [0, 0.05) is 50.7 Å². The molecular formula is C20H31N3O3.